The van der Waals surface area contributed by atoms with E-state index in [1.165, 1.54) is 6.42 Å². The Kier molecular flexibility index (Phi) is 4.10. The average Bonchev–Trinajstić information content (AvgIpc) is 3.05. The van der Waals surface area contributed by atoms with Gasteiger partial charge in [0, 0.05) is 0 Å². The normalized spacial score (nSPS) is 33.5. The van der Waals surface area contributed by atoms with Crippen molar-refractivity contribution in [2.75, 3.05) is 36.6 Å². The second kappa shape index (κ2) is 6.16. The van der Waals surface area contributed by atoms with Crippen LogP contribution in [-0.2, 0) is 9.47 Å². The number of hydrogen-bond acceptors (Lipinski definition) is 6. The maximum atomic E-state index is 12.2. The summed E-state index contributed by atoms with van der Waals surface area (Å²) in [5.74, 6) is 1.96. The van der Waals surface area contributed by atoms with Gasteiger partial charge in [-0.2, -0.15) is 0 Å². The molecule has 4 aliphatic rings. The molecule has 3 aliphatic carbocycles. The van der Waals surface area contributed by atoms with Crippen LogP contribution in [0.15, 0.2) is 10.7 Å². The molecule has 8 heteroatoms. The average molecular weight is 351 g/mol. The number of anilines is 1. The summed E-state index contributed by atoms with van der Waals surface area (Å²) >= 11 is 0. The number of nitrogens with one attached hydrogen (secondary N) is 1. The maximum absolute atomic E-state index is 12.2. The maximum Gasteiger partial charge on any atom is 0.414 e. The quantitative estimate of drug-likeness (QED) is 0.832. The van der Waals surface area contributed by atoms with Crippen molar-refractivity contribution in [3.05, 3.63) is 6.20 Å². The highest BCUT2D eigenvalue weighted by Crippen LogP contribution is 2.61. The first-order valence-electron chi connectivity index (χ1n) is 9.14. The highest BCUT2D eigenvalue weighted by molar-refractivity contribution is 5.82. The van der Waals surface area contributed by atoms with E-state index in [1.807, 2.05) is 5.01 Å². The van der Waals surface area contributed by atoms with E-state index < -0.39 is 6.09 Å². The van der Waals surface area contributed by atoms with Crippen LogP contribution < -0.4 is 15.1 Å². The van der Waals surface area contributed by atoms with Crippen LogP contribution in [0.4, 0.5) is 10.7 Å². The number of aromatic nitrogens is 2. The van der Waals surface area contributed by atoms with Gasteiger partial charge in [0.1, 0.15) is 6.10 Å². The van der Waals surface area contributed by atoms with Crippen LogP contribution in [0.1, 0.15) is 33.6 Å². The summed E-state index contributed by atoms with van der Waals surface area (Å²) in [6.07, 6.45) is 3.36. The molecule has 138 valence electrons. The molecule has 4 atom stereocenters. The summed E-state index contributed by atoms with van der Waals surface area (Å²) in [4.78, 5) is 13.8. The van der Waals surface area contributed by atoms with Crippen molar-refractivity contribution in [3.8, 4) is 0 Å². The van der Waals surface area contributed by atoms with Gasteiger partial charge in [-0.05, 0) is 36.0 Å². The first-order valence-corrected chi connectivity index (χ1v) is 9.14. The molecular formula is C17H27N4O4+. The van der Waals surface area contributed by atoms with Gasteiger partial charge in [0.2, 0.25) is 5.27 Å². The molecule has 1 saturated heterocycles. The van der Waals surface area contributed by atoms with Gasteiger partial charge in [-0.3, -0.25) is 9.84 Å². The predicted molar refractivity (Wildman–Crippen MR) is 88.5 cm³/mol. The Balaban J connectivity index is 1.32. The highest BCUT2D eigenvalue weighted by Gasteiger charge is 2.57. The van der Waals surface area contributed by atoms with E-state index in [0.29, 0.717) is 36.4 Å². The lowest BCUT2D eigenvalue weighted by Crippen LogP contribution is -2.62. The molecule has 0 spiro atoms. The lowest BCUT2D eigenvalue weighted by molar-refractivity contribution is -0.759. The van der Waals surface area contributed by atoms with Gasteiger partial charge in [0.15, 0.2) is 0 Å². The Morgan fingerprint density at radius 3 is 2.84 bits per heavy atom. The number of fused-ring (bicyclic) bond motifs is 2. The lowest BCUT2D eigenvalue weighted by atomic mass is 9.45. The van der Waals surface area contributed by atoms with Crippen LogP contribution >= 0.6 is 0 Å². The molecule has 1 aromatic rings. The standard InChI is InChI=1S/C17H26N4O4/c1-11-13-8-12(17(13,2)3)9-14(11)24-16(22)18-15-10-21(19-25-15)20-4-6-23-7-5-20/h10-14H,4-9H2,1-3H3/p+1. The molecule has 0 aromatic carbocycles. The second-order valence-electron chi connectivity index (χ2n) is 8.08. The van der Waals surface area contributed by atoms with Crippen molar-refractivity contribution < 1.29 is 23.6 Å². The monoisotopic (exact) mass is 351 g/mol. The van der Waals surface area contributed by atoms with E-state index in [-0.39, 0.29) is 12.0 Å². The summed E-state index contributed by atoms with van der Waals surface area (Å²) in [6.45, 7) is 9.64. The summed E-state index contributed by atoms with van der Waals surface area (Å²) in [6, 6.07) is 0. The fourth-order valence-corrected chi connectivity index (χ4v) is 4.71. The van der Waals surface area contributed by atoms with E-state index >= 15 is 0 Å². The molecule has 1 aliphatic heterocycles. The van der Waals surface area contributed by atoms with E-state index in [9.17, 15) is 4.79 Å². The number of morpholine rings is 1. The lowest BCUT2D eigenvalue weighted by Gasteiger charge is -2.61. The van der Waals surface area contributed by atoms with Crippen molar-refractivity contribution in [2.45, 2.75) is 39.7 Å². The number of ether oxygens (including phenoxy) is 2. The third-order valence-corrected chi connectivity index (χ3v) is 6.50. The van der Waals surface area contributed by atoms with Crippen molar-refractivity contribution >= 4 is 12.0 Å². The Hall–Kier alpha value is -1.83. The van der Waals surface area contributed by atoms with Crippen molar-refractivity contribution in [1.82, 2.24) is 5.27 Å². The molecule has 25 heavy (non-hydrogen) atoms. The minimum absolute atomic E-state index is 0.0222. The van der Waals surface area contributed by atoms with Gasteiger partial charge in [-0.15, -0.1) is 5.01 Å². The Morgan fingerprint density at radius 1 is 1.40 bits per heavy atom. The molecule has 1 N–H and O–H groups in total. The molecule has 0 radical (unpaired) electrons. The summed E-state index contributed by atoms with van der Waals surface area (Å²) in [5, 5.41) is 8.57. The Bertz CT molecular complexity index is 640. The van der Waals surface area contributed by atoms with E-state index in [1.54, 1.807) is 11.0 Å². The SMILES string of the molecule is CC1C(OC(=O)Nc2c[n+](N3CCOCC3)no2)CC2CC1C2(C)C. The molecule has 4 fully saturated rings. The number of amides is 1. The van der Waals surface area contributed by atoms with Crippen LogP contribution in [-0.4, -0.2) is 43.8 Å². The van der Waals surface area contributed by atoms with Gasteiger partial charge in [-0.25, -0.2) is 4.79 Å². The number of nitrogens with zero attached hydrogens (tertiary/aromatic N) is 3. The molecule has 4 unspecified atom stereocenters. The fourth-order valence-electron chi connectivity index (χ4n) is 4.71. The van der Waals surface area contributed by atoms with Gasteiger partial charge in [-0.1, -0.05) is 20.8 Å². The van der Waals surface area contributed by atoms with Gasteiger partial charge < -0.3 is 9.47 Å². The summed E-state index contributed by atoms with van der Waals surface area (Å²) in [5.41, 5.74) is 0.379. The van der Waals surface area contributed by atoms with Crippen molar-refractivity contribution in [1.29, 1.82) is 0 Å². The van der Waals surface area contributed by atoms with Gasteiger partial charge in [0.05, 0.1) is 31.1 Å². The van der Waals surface area contributed by atoms with Crippen LogP contribution in [0.3, 0.4) is 0 Å². The number of carbonyl (C=O) groups excluding carboxylic acids is 1. The zero-order chi connectivity index (χ0) is 17.6. The summed E-state index contributed by atoms with van der Waals surface area (Å²) in [7, 11) is 0. The minimum Gasteiger partial charge on any atom is -0.446 e. The molecular weight excluding hydrogens is 324 g/mol. The summed E-state index contributed by atoms with van der Waals surface area (Å²) < 4.78 is 16.2. The number of hydrogen-bond donors (Lipinski definition) is 1. The van der Waals surface area contributed by atoms with Gasteiger partial charge in [0.25, 0.3) is 6.20 Å². The van der Waals surface area contributed by atoms with Crippen LogP contribution in [0.5, 0.6) is 0 Å². The zero-order valence-electron chi connectivity index (χ0n) is 15.1. The third kappa shape index (κ3) is 2.96. The van der Waals surface area contributed by atoms with E-state index in [0.717, 1.165) is 19.5 Å². The molecule has 5 rings (SSSR count). The third-order valence-electron chi connectivity index (χ3n) is 6.50. The molecule has 2 bridgehead atoms. The Labute approximate surface area is 147 Å². The molecule has 8 nitrogen and oxygen atoms in total. The van der Waals surface area contributed by atoms with Gasteiger partial charge >= 0.3 is 12.0 Å². The molecule has 2 heterocycles. The van der Waals surface area contributed by atoms with Crippen molar-refractivity contribution in [2.24, 2.45) is 23.2 Å². The van der Waals surface area contributed by atoms with E-state index in [2.05, 4.69) is 31.4 Å². The second-order valence-corrected chi connectivity index (χ2v) is 8.08. The van der Waals surface area contributed by atoms with Crippen molar-refractivity contribution in [3.63, 3.8) is 0 Å². The van der Waals surface area contributed by atoms with Crippen LogP contribution in [0.25, 0.3) is 0 Å². The predicted octanol–water partition coefficient (Wildman–Crippen LogP) is 1.55. The number of carbonyl (C=O) groups is 1. The number of rotatable bonds is 3. The molecule has 1 aromatic heterocycles. The smallest absolute Gasteiger partial charge is 0.414 e. The van der Waals surface area contributed by atoms with E-state index in [4.69, 9.17) is 14.0 Å². The Morgan fingerprint density at radius 2 is 2.16 bits per heavy atom. The zero-order valence-corrected chi connectivity index (χ0v) is 15.1. The highest BCUT2D eigenvalue weighted by atomic mass is 16.6. The largest absolute Gasteiger partial charge is 0.446 e. The fraction of sp³-hybridized carbons (Fsp3) is 0.824. The first kappa shape index (κ1) is 16.6. The molecule has 1 amide bonds. The molecule has 3 saturated carbocycles. The topological polar surface area (TPSA) is 80.7 Å². The van der Waals surface area contributed by atoms with Crippen LogP contribution in [0, 0.1) is 23.2 Å². The van der Waals surface area contributed by atoms with Crippen LogP contribution in [0.2, 0.25) is 0 Å². The first-order chi connectivity index (χ1) is 11.9. The minimum atomic E-state index is -0.471.